The average molecular weight is 287 g/mol. The molecule has 3 aromatic rings. The minimum Gasteiger partial charge on any atom is -0.338 e. The maximum absolute atomic E-state index is 5.34. The molecule has 0 fully saturated rings. The van der Waals surface area contributed by atoms with Gasteiger partial charge in [0.05, 0.1) is 11.4 Å². The van der Waals surface area contributed by atoms with E-state index in [4.69, 9.17) is 4.52 Å². The van der Waals surface area contributed by atoms with Crippen molar-refractivity contribution < 1.29 is 4.52 Å². The van der Waals surface area contributed by atoms with Crippen molar-refractivity contribution in [2.75, 3.05) is 0 Å². The molecule has 0 bridgehead atoms. The summed E-state index contributed by atoms with van der Waals surface area (Å²) in [6, 6.07) is 7.97. The van der Waals surface area contributed by atoms with Gasteiger partial charge in [-0.15, -0.1) is 5.10 Å². The van der Waals surface area contributed by atoms with E-state index in [1.807, 2.05) is 38.1 Å². The van der Waals surface area contributed by atoms with Crippen molar-refractivity contribution >= 4 is 11.8 Å². The van der Waals surface area contributed by atoms with Crippen LogP contribution in [0.4, 0.5) is 0 Å². The number of nitrogens with one attached hydrogen (secondary N) is 1. The van der Waals surface area contributed by atoms with Crippen molar-refractivity contribution in [3.05, 3.63) is 41.9 Å². The van der Waals surface area contributed by atoms with Gasteiger partial charge in [-0.3, -0.25) is 0 Å². The van der Waals surface area contributed by atoms with E-state index in [9.17, 15) is 0 Å². The van der Waals surface area contributed by atoms with Gasteiger partial charge in [0.2, 0.25) is 11.7 Å². The van der Waals surface area contributed by atoms with Crippen molar-refractivity contribution in [2.24, 2.45) is 0 Å². The van der Waals surface area contributed by atoms with E-state index in [0.29, 0.717) is 11.7 Å². The number of benzene rings is 1. The van der Waals surface area contributed by atoms with Gasteiger partial charge in [-0.05, 0) is 19.4 Å². The SMILES string of the molecule is Cc1ccccc1-c1noc([C@@H](C)Sc2cn[nH]n2)n1. The summed E-state index contributed by atoms with van der Waals surface area (Å²) >= 11 is 1.51. The molecule has 7 heteroatoms. The zero-order valence-corrected chi connectivity index (χ0v) is 11.9. The van der Waals surface area contributed by atoms with Gasteiger partial charge in [0.1, 0.15) is 5.03 Å². The topological polar surface area (TPSA) is 80.5 Å². The lowest BCUT2D eigenvalue weighted by Gasteiger charge is -2.01. The Labute approximate surface area is 120 Å². The molecule has 3 rings (SSSR count). The van der Waals surface area contributed by atoms with Crippen LogP contribution in [0.15, 0.2) is 40.0 Å². The molecule has 0 amide bonds. The summed E-state index contributed by atoms with van der Waals surface area (Å²) in [5.74, 6) is 1.20. The summed E-state index contributed by atoms with van der Waals surface area (Å²) in [6.45, 7) is 4.02. The van der Waals surface area contributed by atoms with Crippen LogP contribution >= 0.6 is 11.8 Å². The third kappa shape index (κ3) is 2.57. The van der Waals surface area contributed by atoms with E-state index < -0.39 is 0 Å². The van der Waals surface area contributed by atoms with Gasteiger partial charge in [-0.25, -0.2) is 0 Å². The van der Waals surface area contributed by atoms with Gasteiger partial charge >= 0.3 is 0 Å². The molecule has 0 aliphatic heterocycles. The van der Waals surface area contributed by atoms with Crippen LogP contribution in [0.2, 0.25) is 0 Å². The number of rotatable bonds is 4. The number of aryl methyl sites for hydroxylation is 1. The molecule has 0 aliphatic carbocycles. The first-order valence-corrected chi connectivity index (χ1v) is 7.04. The zero-order chi connectivity index (χ0) is 13.9. The number of aromatic amines is 1. The summed E-state index contributed by atoms with van der Waals surface area (Å²) in [5, 5.41) is 15.2. The fourth-order valence-corrected chi connectivity index (χ4v) is 2.58. The molecule has 102 valence electrons. The maximum atomic E-state index is 5.34. The third-order valence-electron chi connectivity index (χ3n) is 2.87. The molecule has 0 saturated heterocycles. The Morgan fingerprint density at radius 3 is 2.90 bits per heavy atom. The third-order valence-corrected chi connectivity index (χ3v) is 3.86. The first-order chi connectivity index (χ1) is 9.74. The molecule has 0 unspecified atom stereocenters. The van der Waals surface area contributed by atoms with Crippen LogP contribution in [0.3, 0.4) is 0 Å². The standard InChI is InChI=1S/C13H13N5OS/c1-8-5-3-4-6-10(8)12-15-13(19-17-12)9(2)20-11-7-14-18-16-11/h3-7,9H,1-2H3,(H,14,16,18)/t9-/m1/s1. The number of thioether (sulfide) groups is 1. The van der Waals surface area contributed by atoms with Crippen molar-refractivity contribution in [2.45, 2.75) is 24.1 Å². The Hall–Kier alpha value is -2.15. The van der Waals surface area contributed by atoms with Gasteiger partial charge in [0.25, 0.3) is 0 Å². The molecule has 0 aliphatic rings. The first-order valence-electron chi connectivity index (χ1n) is 6.16. The second kappa shape index (κ2) is 5.46. The van der Waals surface area contributed by atoms with Gasteiger partial charge in [0, 0.05) is 5.56 Å². The Balaban J connectivity index is 1.81. The van der Waals surface area contributed by atoms with Crippen LogP contribution in [0.5, 0.6) is 0 Å². The van der Waals surface area contributed by atoms with Gasteiger partial charge in [0.15, 0.2) is 0 Å². The summed E-state index contributed by atoms with van der Waals surface area (Å²) < 4.78 is 5.34. The van der Waals surface area contributed by atoms with E-state index in [0.717, 1.165) is 16.2 Å². The molecular weight excluding hydrogens is 274 g/mol. The average Bonchev–Trinajstić information content (AvgIpc) is 3.10. The normalized spacial score (nSPS) is 12.5. The van der Waals surface area contributed by atoms with Crippen LogP contribution in [-0.2, 0) is 0 Å². The minimum atomic E-state index is 0.0189. The van der Waals surface area contributed by atoms with Crippen LogP contribution in [0.1, 0.15) is 23.6 Å². The van der Waals surface area contributed by atoms with Crippen LogP contribution in [0, 0.1) is 6.92 Å². The molecule has 1 aromatic carbocycles. The second-order valence-corrected chi connectivity index (χ2v) is 5.70. The molecule has 2 aromatic heterocycles. The van der Waals surface area contributed by atoms with Gasteiger partial charge in [-0.2, -0.15) is 15.3 Å². The highest BCUT2D eigenvalue weighted by atomic mass is 32.2. The van der Waals surface area contributed by atoms with Crippen LogP contribution in [-0.4, -0.2) is 25.6 Å². The van der Waals surface area contributed by atoms with E-state index in [2.05, 4.69) is 25.6 Å². The van der Waals surface area contributed by atoms with E-state index in [1.54, 1.807) is 6.20 Å². The summed E-state index contributed by atoms with van der Waals surface area (Å²) in [6.07, 6.45) is 1.67. The van der Waals surface area contributed by atoms with E-state index in [-0.39, 0.29) is 5.25 Å². The highest BCUT2D eigenvalue weighted by Crippen LogP contribution is 2.33. The number of nitrogens with zero attached hydrogens (tertiary/aromatic N) is 4. The van der Waals surface area contributed by atoms with Crippen LogP contribution in [0.25, 0.3) is 11.4 Å². The lowest BCUT2D eigenvalue weighted by atomic mass is 10.1. The van der Waals surface area contributed by atoms with Crippen molar-refractivity contribution in [3.63, 3.8) is 0 Å². The largest absolute Gasteiger partial charge is 0.338 e. The molecule has 6 nitrogen and oxygen atoms in total. The lowest BCUT2D eigenvalue weighted by Crippen LogP contribution is -1.90. The summed E-state index contributed by atoms with van der Waals surface area (Å²) in [5.41, 5.74) is 2.11. The molecule has 2 heterocycles. The Morgan fingerprint density at radius 1 is 1.30 bits per heavy atom. The quantitative estimate of drug-likeness (QED) is 0.743. The predicted octanol–water partition coefficient (Wildman–Crippen LogP) is 3.02. The minimum absolute atomic E-state index is 0.0189. The molecule has 1 N–H and O–H groups in total. The second-order valence-electron chi connectivity index (χ2n) is 4.34. The highest BCUT2D eigenvalue weighted by Gasteiger charge is 2.18. The smallest absolute Gasteiger partial charge is 0.240 e. The van der Waals surface area contributed by atoms with Gasteiger partial charge < -0.3 is 4.52 Å². The summed E-state index contributed by atoms with van der Waals surface area (Å²) in [7, 11) is 0. The zero-order valence-electron chi connectivity index (χ0n) is 11.1. The molecule has 0 saturated carbocycles. The van der Waals surface area contributed by atoms with Crippen molar-refractivity contribution in [3.8, 4) is 11.4 Å². The van der Waals surface area contributed by atoms with E-state index in [1.165, 1.54) is 11.8 Å². The molecule has 20 heavy (non-hydrogen) atoms. The number of H-pyrrole nitrogens is 1. The number of hydrogen-bond donors (Lipinski definition) is 1. The molecule has 0 radical (unpaired) electrons. The van der Waals surface area contributed by atoms with E-state index >= 15 is 0 Å². The monoisotopic (exact) mass is 287 g/mol. The summed E-state index contributed by atoms with van der Waals surface area (Å²) in [4.78, 5) is 4.46. The first kappa shape index (κ1) is 12.9. The van der Waals surface area contributed by atoms with Crippen LogP contribution < -0.4 is 0 Å². The fraction of sp³-hybridized carbons (Fsp3) is 0.231. The number of aromatic nitrogens is 5. The Bertz CT molecular complexity index is 694. The van der Waals surface area contributed by atoms with Crippen molar-refractivity contribution in [1.29, 1.82) is 0 Å². The molecule has 0 spiro atoms. The highest BCUT2D eigenvalue weighted by molar-refractivity contribution is 7.99. The molecule has 1 atom stereocenters. The van der Waals surface area contributed by atoms with Crippen molar-refractivity contribution in [1.82, 2.24) is 25.6 Å². The number of hydrogen-bond acceptors (Lipinski definition) is 6. The fourth-order valence-electron chi connectivity index (χ4n) is 1.81. The maximum Gasteiger partial charge on any atom is 0.240 e. The lowest BCUT2D eigenvalue weighted by molar-refractivity contribution is 0.380. The predicted molar refractivity (Wildman–Crippen MR) is 75.1 cm³/mol. The Kier molecular flexibility index (Phi) is 3.51. The Morgan fingerprint density at radius 2 is 2.15 bits per heavy atom. The molecular formula is C13H13N5OS. The van der Waals surface area contributed by atoms with Gasteiger partial charge in [-0.1, -0.05) is 41.2 Å².